The molecule has 0 fully saturated rings. The number of nitrogens with two attached hydrogens (primary N) is 1. The number of aliphatic hydroxyl groups excluding tert-OH is 1. The van der Waals surface area contributed by atoms with Crippen molar-refractivity contribution in [3.05, 3.63) is 18.1 Å². The first-order valence-corrected chi connectivity index (χ1v) is 12.2. The number of fused-ring (bicyclic) bond motifs is 1. The predicted molar refractivity (Wildman–Crippen MR) is 111 cm³/mol. The summed E-state index contributed by atoms with van der Waals surface area (Å²) < 4.78 is 78.4. The van der Waals surface area contributed by atoms with Crippen LogP contribution in [0.2, 0.25) is 0 Å². The number of nitrogen functional groups attached to an aromatic ring is 1. The Morgan fingerprint density at radius 3 is 2.45 bits per heavy atom. The molecule has 0 amide bonds. The molecule has 0 saturated carbocycles. The molecular weight excluding hydrogens is 457 g/mol. The van der Waals surface area contributed by atoms with E-state index in [-0.39, 0.29) is 29.2 Å². The van der Waals surface area contributed by atoms with Crippen LogP contribution in [0.25, 0.3) is 11.0 Å². The van der Waals surface area contributed by atoms with Gasteiger partial charge in [0.15, 0.2) is 5.82 Å². The number of pyridine rings is 1. The molecule has 0 aliphatic heterocycles. The molecule has 0 radical (unpaired) electrons. The Labute approximate surface area is 178 Å². The van der Waals surface area contributed by atoms with E-state index in [9.17, 15) is 30.9 Å². The molecule has 0 aliphatic carbocycles. The molecule has 31 heavy (non-hydrogen) atoms. The van der Waals surface area contributed by atoms with E-state index in [4.69, 9.17) is 10.3 Å². The van der Waals surface area contributed by atoms with Gasteiger partial charge in [-0.2, -0.15) is 21.8 Å². The average molecular weight is 482 g/mol. The quantitative estimate of drug-likeness (QED) is 0.296. The van der Waals surface area contributed by atoms with Crippen molar-refractivity contribution >= 4 is 43.0 Å². The normalized spacial score (nSPS) is 16.6. The van der Waals surface area contributed by atoms with Gasteiger partial charge in [-0.1, -0.05) is 19.8 Å². The first-order valence-electron chi connectivity index (χ1n) is 9.13. The number of hydrogen-bond acceptors (Lipinski definition) is 10. The Kier molecular flexibility index (Phi) is 7.37. The van der Waals surface area contributed by atoms with Crippen LogP contribution in [0, 0.1) is 5.82 Å². The Hall–Kier alpha value is -2.20. The highest BCUT2D eigenvalue weighted by atomic mass is 32.2. The molecule has 0 saturated heterocycles. The number of nitrogens with one attached hydrogen (secondary N) is 1. The minimum absolute atomic E-state index is 0.0339. The second kappa shape index (κ2) is 9.12. The Morgan fingerprint density at radius 2 is 1.90 bits per heavy atom. The van der Waals surface area contributed by atoms with Gasteiger partial charge in [-0.25, -0.2) is 14.4 Å². The van der Waals surface area contributed by atoms with Gasteiger partial charge in [0.05, 0.1) is 29.1 Å². The zero-order chi connectivity index (χ0) is 23.6. The Morgan fingerprint density at radius 1 is 1.26 bits per heavy atom. The fourth-order valence-corrected chi connectivity index (χ4v) is 5.58. The van der Waals surface area contributed by atoms with Gasteiger partial charge in [-0.15, -0.1) is 0 Å². The molecule has 2 aromatic heterocycles. The lowest BCUT2D eigenvalue weighted by atomic mass is 9.86. The number of nitrogens with zero attached hydrogens (tertiary/aromatic N) is 3. The van der Waals surface area contributed by atoms with E-state index in [1.807, 2.05) is 6.92 Å². The molecule has 0 bridgehead atoms. The average Bonchev–Trinajstić information content (AvgIpc) is 2.61. The van der Waals surface area contributed by atoms with Gasteiger partial charge in [0.1, 0.15) is 16.6 Å². The summed E-state index contributed by atoms with van der Waals surface area (Å²) in [5.41, 5.74) is 4.16. The van der Waals surface area contributed by atoms with Crippen LogP contribution in [0.5, 0.6) is 0 Å². The van der Waals surface area contributed by atoms with E-state index in [0.29, 0.717) is 12.8 Å². The zero-order valence-corrected chi connectivity index (χ0v) is 18.4. The molecular formula is C16H24FN5O7S2. The zero-order valence-electron chi connectivity index (χ0n) is 16.7. The fraction of sp³-hybridized carbons (Fsp3) is 0.562. The van der Waals surface area contributed by atoms with Crippen LogP contribution in [-0.4, -0.2) is 68.6 Å². The van der Waals surface area contributed by atoms with Crippen molar-refractivity contribution in [2.45, 2.75) is 50.0 Å². The van der Waals surface area contributed by atoms with Crippen LogP contribution in [0.15, 0.2) is 12.3 Å². The van der Waals surface area contributed by atoms with Crippen LogP contribution in [0.1, 0.15) is 33.1 Å². The van der Waals surface area contributed by atoms with E-state index in [2.05, 4.69) is 20.3 Å². The number of hydrogen-bond donors (Lipinski definition) is 5. The van der Waals surface area contributed by atoms with Gasteiger partial charge >= 0.3 is 0 Å². The third-order valence-corrected chi connectivity index (χ3v) is 6.92. The van der Waals surface area contributed by atoms with Crippen molar-refractivity contribution in [2.75, 3.05) is 16.8 Å². The van der Waals surface area contributed by atoms with Crippen molar-refractivity contribution in [1.82, 2.24) is 15.0 Å². The lowest BCUT2D eigenvalue weighted by molar-refractivity contribution is 0.0956. The van der Waals surface area contributed by atoms with E-state index in [1.165, 1.54) is 6.92 Å². The van der Waals surface area contributed by atoms with Crippen LogP contribution in [0.3, 0.4) is 0 Å². The highest BCUT2D eigenvalue weighted by molar-refractivity contribution is 7.90. The molecule has 3 atom stereocenters. The van der Waals surface area contributed by atoms with Crippen molar-refractivity contribution in [3.63, 3.8) is 0 Å². The molecule has 2 rings (SSSR count). The Balaban J connectivity index is 2.59. The predicted octanol–water partition coefficient (Wildman–Crippen LogP) is 0.612. The number of aliphatic hydroxyl groups is 1. The maximum absolute atomic E-state index is 13.5. The summed E-state index contributed by atoms with van der Waals surface area (Å²) in [6.45, 7) is 3.21. The summed E-state index contributed by atoms with van der Waals surface area (Å²) in [6, 6.07) is 1.05. The summed E-state index contributed by atoms with van der Waals surface area (Å²) in [7, 11) is -9.98. The smallest absolute Gasteiger partial charge is 0.271 e. The number of rotatable bonds is 10. The number of halogens is 1. The third-order valence-electron chi connectivity index (χ3n) is 4.74. The maximum atomic E-state index is 13.5. The van der Waals surface area contributed by atoms with Crippen molar-refractivity contribution in [1.29, 1.82) is 0 Å². The van der Waals surface area contributed by atoms with E-state index < -0.39 is 48.7 Å². The van der Waals surface area contributed by atoms with Gasteiger partial charge in [-0.3, -0.25) is 9.11 Å². The number of anilines is 2. The molecule has 6 N–H and O–H groups in total. The van der Waals surface area contributed by atoms with Gasteiger partial charge in [-0.05, 0) is 13.3 Å². The standard InChI is InChI=1S/C16H24FN5O7S2/c1-3-4-5-16(2,13(23)11(31(27,28)29)8-30(24,25)26)22-14-12-10(20-15(18)21-14)6-9(17)7-19-12/h6-7,11,13,23H,3-5,8H2,1-2H3,(H,24,25,26)(H,27,28,29)(H3,18,20,21,22)/t11?,13?,16-/m1/s1. The summed E-state index contributed by atoms with van der Waals surface area (Å²) in [5, 5.41) is 11.4. The second-order valence-corrected chi connectivity index (χ2v) is 10.5. The topological polar surface area (TPSA) is 206 Å². The molecule has 2 aromatic rings. The lowest BCUT2D eigenvalue weighted by Crippen LogP contribution is -2.56. The molecule has 0 aromatic carbocycles. The number of unbranched alkanes of at least 4 members (excludes halogenated alkanes) is 1. The first kappa shape index (κ1) is 25.1. The van der Waals surface area contributed by atoms with Crippen LogP contribution in [-0.2, 0) is 20.2 Å². The number of aromatic nitrogens is 3. The highest BCUT2D eigenvalue weighted by Gasteiger charge is 2.45. The van der Waals surface area contributed by atoms with Gasteiger partial charge < -0.3 is 16.2 Å². The van der Waals surface area contributed by atoms with Crippen LogP contribution in [0.4, 0.5) is 16.2 Å². The van der Waals surface area contributed by atoms with E-state index in [0.717, 1.165) is 12.3 Å². The van der Waals surface area contributed by atoms with Crippen LogP contribution >= 0.6 is 0 Å². The summed E-state index contributed by atoms with van der Waals surface area (Å²) in [6.07, 6.45) is 0.0313. The monoisotopic (exact) mass is 481 g/mol. The first-order chi connectivity index (χ1) is 14.2. The van der Waals surface area contributed by atoms with Crippen molar-refractivity contribution in [2.24, 2.45) is 0 Å². The van der Waals surface area contributed by atoms with Gasteiger partial charge in [0, 0.05) is 6.07 Å². The molecule has 2 unspecified atom stereocenters. The summed E-state index contributed by atoms with van der Waals surface area (Å²) >= 11 is 0. The maximum Gasteiger partial charge on any atom is 0.271 e. The fourth-order valence-electron chi connectivity index (χ4n) is 3.16. The minimum Gasteiger partial charge on any atom is -0.389 e. The molecule has 12 nitrogen and oxygen atoms in total. The summed E-state index contributed by atoms with van der Waals surface area (Å²) in [4.78, 5) is 11.7. The molecule has 174 valence electrons. The summed E-state index contributed by atoms with van der Waals surface area (Å²) in [5.74, 6) is -2.46. The lowest BCUT2D eigenvalue weighted by Gasteiger charge is -2.38. The van der Waals surface area contributed by atoms with E-state index >= 15 is 0 Å². The minimum atomic E-state index is -5.11. The molecule has 0 spiro atoms. The molecule has 15 heteroatoms. The molecule has 0 aliphatic rings. The van der Waals surface area contributed by atoms with Gasteiger partial charge in [0.2, 0.25) is 5.95 Å². The van der Waals surface area contributed by atoms with Crippen molar-refractivity contribution in [3.8, 4) is 0 Å². The third kappa shape index (κ3) is 6.39. The van der Waals surface area contributed by atoms with Crippen LogP contribution < -0.4 is 11.1 Å². The highest BCUT2D eigenvalue weighted by Crippen LogP contribution is 2.31. The molecule has 2 heterocycles. The van der Waals surface area contributed by atoms with Gasteiger partial charge in [0.25, 0.3) is 20.2 Å². The Bertz CT molecular complexity index is 1160. The largest absolute Gasteiger partial charge is 0.389 e. The van der Waals surface area contributed by atoms with E-state index in [1.54, 1.807) is 0 Å². The second-order valence-electron chi connectivity index (χ2n) is 7.34. The SMILES string of the molecule is CCCC[C@@](C)(Nc1nc(N)nc2cc(F)cnc12)C(O)C(CS(=O)(=O)O)S(=O)(=O)O. The van der Waals surface area contributed by atoms with Crippen molar-refractivity contribution < 1.29 is 35.4 Å².